The fourth-order valence-corrected chi connectivity index (χ4v) is 6.77. The van der Waals surface area contributed by atoms with Crippen LogP contribution in [0.1, 0.15) is 62.4 Å². The third-order valence-electron chi connectivity index (χ3n) is 7.89. The number of rotatable bonds is 9. The lowest BCUT2D eigenvalue weighted by Crippen LogP contribution is -2.29. The van der Waals surface area contributed by atoms with Crippen molar-refractivity contribution in [2.24, 2.45) is 5.92 Å². The molecular formula is C35H36N2O6S. The normalized spacial score (nSPS) is 19.1. The molecule has 1 aromatic heterocycles. The lowest BCUT2D eigenvalue weighted by molar-refractivity contribution is -0.132. The SMILES string of the molecule is CCOc1cc([C@@H]2C(=C(O)c3ccc4c(c3)C[C@@H](C)O4)C(=O)C(=O)N2c2nc3ccc(C)cc3s2)ccc1OCCC(C)C. The van der Waals surface area contributed by atoms with E-state index in [0.29, 0.717) is 53.3 Å². The summed E-state index contributed by atoms with van der Waals surface area (Å²) in [5, 5.41) is 12.1. The summed E-state index contributed by atoms with van der Waals surface area (Å²) in [6.45, 7) is 11.1. The third kappa shape index (κ3) is 5.52. The number of fused-ring (bicyclic) bond motifs is 2. The number of benzene rings is 3. The molecule has 4 aromatic rings. The molecule has 1 N–H and O–H groups in total. The van der Waals surface area contributed by atoms with Crippen molar-refractivity contribution in [2.45, 2.75) is 59.6 Å². The van der Waals surface area contributed by atoms with Crippen LogP contribution in [0.15, 0.2) is 60.2 Å². The van der Waals surface area contributed by atoms with Crippen molar-refractivity contribution in [3.63, 3.8) is 0 Å². The summed E-state index contributed by atoms with van der Waals surface area (Å²) < 4.78 is 18.8. The molecule has 0 spiro atoms. The van der Waals surface area contributed by atoms with Crippen LogP contribution in [0.5, 0.6) is 17.2 Å². The van der Waals surface area contributed by atoms with E-state index in [9.17, 15) is 14.7 Å². The molecule has 0 bridgehead atoms. The number of amides is 1. The molecule has 0 radical (unpaired) electrons. The van der Waals surface area contributed by atoms with Crippen LogP contribution in [0.25, 0.3) is 16.0 Å². The Kier molecular flexibility index (Phi) is 8.07. The highest BCUT2D eigenvalue weighted by atomic mass is 32.1. The number of aliphatic hydroxyl groups excluding tert-OH is 1. The van der Waals surface area contributed by atoms with Crippen LogP contribution < -0.4 is 19.1 Å². The van der Waals surface area contributed by atoms with Crippen LogP contribution in [-0.2, 0) is 16.0 Å². The quantitative estimate of drug-likeness (QED) is 0.120. The Morgan fingerprint density at radius 2 is 1.91 bits per heavy atom. The van der Waals surface area contributed by atoms with Gasteiger partial charge in [0.15, 0.2) is 16.6 Å². The lowest BCUT2D eigenvalue weighted by Gasteiger charge is -2.24. The summed E-state index contributed by atoms with van der Waals surface area (Å²) in [4.78, 5) is 33.8. The minimum atomic E-state index is -0.941. The summed E-state index contributed by atoms with van der Waals surface area (Å²) in [5.41, 5.74) is 3.77. The maximum Gasteiger partial charge on any atom is 0.301 e. The first-order valence-corrected chi connectivity index (χ1v) is 15.8. The van der Waals surface area contributed by atoms with Gasteiger partial charge in [-0.05, 0) is 92.3 Å². The Morgan fingerprint density at radius 1 is 1.09 bits per heavy atom. The fraction of sp³-hybridized carbons (Fsp3) is 0.343. The Hall–Kier alpha value is -4.37. The second kappa shape index (κ2) is 12.0. The van der Waals surface area contributed by atoms with Gasteiger partial charge in [-0.2, -0.15) is 0 Å². The van der Waals surface area contributed by atoms with Gasteiger partial charge in [0.25, 0.3) is 5.78 Å². The van der Waals surface area contributed by atoms with E-state index >= 15 is 0 Å². The molecule has 228 valence electrons. The number of carbonyl (C=O) groups excluding carboxylic acids is 2. The summed E-state index contributed by atoms with van der Waals surface area (Å²) in [6.07, 6.45) is 1.60. The van der Waals surface area contributed by atoms with Crippen LogP contribution in [-0.4, -0.2) is 41.1 Å². The maximum absolute atomic E-state index is 13.8. The predicted octanol–water partition coefficient (Wildman–Crippen LogP) is 7.38. The smallest absolute Gasteiger partial charge is 0.301 e. The van der Waals surface area contributed by atoms with E-state index < -0.39 is 17.7 Å². The number of hydrogen-bond acceptors (Lipinski definition) is 8. The summed E-state index contributed by atoms with van der Waals surface area (Å²) in [6, 6.07) is 15.7. The molecule has 3 aromatic carbocycles. The molecule has 6 rings (SSSR count). The van der Waals surface area contributed by atoms with Gasteiger partial charge in [0.1, 0.15) is 17.6 Å². The van der Waals surface area contributed by atoms with Crippen molar-refractivity contribution >= 4 is 44.1 Å². The van der Waals surface area contributed by atoms with Crippen LogP contribution in [0.2, 0.25) is 0 Å². The molecule has 0 unspecified atom stereocenters. The summed E-state index contributed by atoms with van der Waals surface area (Å²) in [5.74, 6) is 0.551. The molecule has 0 aliphatic carbocycles. The minimum absolute atomic E-state index is 0.00623. The van der Waals surface area contributed by atoms with Gasteiger partial charge in [-0.1, -0.05) is 37.3 Å². The highest BCUT2D eigenvalue weighted by Gasteiger charge is 2.48. The minimum Gasteiger partial charge on any atom is -0.507 e. The van der Waals surface area contributed by atoms with Crippen molar-refractivity contribution in [1.29, 1.82) is 0 Å². The van der Waals surface area contributed by atoms with Crippen LogP contribution in [0.4, 0.5) is 5.13 Å². The van der Waals surface area contributed by atoms with Gasteiger partial charge in [-0.25, -0.2) is 4.98 Å². The van der Waals surface area contributed by atoms with E-state index in [1.807, 2.05) is 51.1 Å². The van der Waals surface area contributed by atoms with E-state index in [1.54, 1.807) is 24.3 Å². The van der Waals surface area contributed by atoms with Gasteiger partial charge in [0, 0.05) is 12.0 Å². The maximum atomic E-state index is 13.8. The molecule has 2 aliphatic rings. The number of nitrogens with zero attached hydrogens (tertiary/aromatic N) is 2. The monoisotopic (exact) mass is 612 g/mol. The molecule has 0 saturated carbocycles. The van der Waals surface area contributed by atoms with Crippen molar-refractivity contribution < 1.29 is 28.9 Å². The van der Waals surface area contributed by atoms with Gasteiger partial charge >= 0.3 is 5.91 Å². The average Bonchev–Trinajstić information content (AvgIpc) is 3.65. The second-order valence-corrected chi connectivity index (χ2v) is 12.8. The van der Waals surface area contributed by atoms with Crippen LogP contribution >= 0.6 is 11.3 Å². The highest BCUT2D eigenvalue weighted by Crippen LogP contribution is 2.46. The number of aromatic nitrogens is 1. The zero-order valence-corrected chi connectivity index (χ0v) is 26.4. The predicted molar refractivity (Wildman–Crippen MR) is 172 cm³/mol. The van der Waals surface area contributed by atoms with Gasteiger partial charge < -0.3 is 19.3 Å². The van der Waals surface area contributed by atoms with E-state index in [4.69, 9.17) is 19.2 Å². The van der Waals surface area contributed by atoms with E-state index in [2.05, 4.69) is 13.8 Å². The van der Waals surface area contributed by atoms with Crippen molar-refractivity contribution in [2.75, 3.05) is 18.1 Å². The number of aliphatic hydroxyl groups is 1. The first-order valence-electron chi connectivity index (χ1n) is 15.0. The number of ether oxygens (including phenoxy) is 3. The average molecular weight is 613 g/mol. The largest absolute Gasteiger partial charge is 0.507 e. The molecule has 8 nitrogen and oxygen atoms in total. The molecule has 9 heteroatoms. The third-order valence-corrected chi connectivity index (χ3v) is 8.91. The fourth-order valence-electron chi connectivity index (χ4n) is 5.68. The van der Waals surface area contributed by atoms with Gasteiger partial charge in [-0.15, -0.1) is 0 Å². The van der Waals surface area contributed by atoms with Crippen LogP contribution in [0, 0.1) is 12.8 Å². The number of carbonyl (C=O) groups is 2. The Morgan fingerprint density at radius 3 is 2.68 bits per heavy atom. The van der Waals surface area contributed by atoms with Gasteiger partial charge in [0.05, 0.1) is 35.0 Å². The van der Waals surface area contributed by atoms with Crippen molar-refractivity contribution in [1.82, 2.24) is 4.98 Å². The van der Waals surface area contributed by atoms with Crippen molar-refractivity contribution in [3.8, 4) is 17.2 Å². The number of Topliss-reactive ketones (excluding diaryl/α,β-unsaturated/α-hetero) is 1. The lowest BCUT2D eigenvalue weighted by atomic mass is 9.94. The van der Waals surface area contributed by atoms with E-state index in [1.165, 1.54) is 16.2 Å². The molecule has 1 amide bonds. The Balaban J connectivity index is 1.50. The first kappa shape index (κ1) is 29.7. The number of thiazole rings is 1. The summed E-state index contributed by atoms with van der Waals surface area (Å²) in [7, 11) is 0. The van der Waals surface area contributed by atoms with Gasteiger partial charge in [-0.3, -0.25) is 14.5 Å². The molecular weight excluding hydrogens is 576 g/mol. The van der Waals surface area contributed by atoms with E-state index in [0.717, 1.165) is 33.5 Å². The topological polar surface area (TPSA) is 98.2 Å². The number of aryl methyl sites for hydroxylation is 1. The highest BCUT2D eigenvalue weighted by molar-refractivity contribution is 7.22. The molecule has 2 atom stereocenters. The number of hydrogen-bond donors (Lipinski definition) is 1. The zero-order valence-electron chi connectivity index (χ0n) is 25.5. The number of ketones is 1. The molecule has 1 fully saturated rings. The first-order chi connectivity index (χ1) is 21.1. The zero-order chi connectivity index (χ0) is 31.1. The van der Waals surface area contributed by atoms with E-state index in [-0.39, 0.29) is 17.4 Å². The molecule has 3 heterocycles. The van der Waals surface area contributed by atoms with Gasteiger partial charge in [0.2, 0.25) is 0 Å². The standard InChI is InChI=1S/C35H36N2O6S/c1-6-41-28-18-22(8-12-27(28)42-14-13-19(2)3)31-30(32(38)23-9-11-26-24(17-23)16-21(5)43-26)33(39)34(40)37(31)35-36-25-10-7-20(4)15-29(25)44-35/h7-12,15,17-19,21,31,38H,6,13-14,16H2,1-5H3/t21-,31-/m1/s1. The van der Waals surface area contributed by atoms with Crippen LogP contribution in [0.3, 0.4) is 0 Å². The Bertz CT molecular complexity index is 1790. The Labute approximate surface area is 260 Å². The molecule has 1 saturated heterocycles. The summed E-state index contributed by atoms with van der Waals surface area (Å²) >= 11 is 1.34. The number of anilines is 1. The molecule has 2 aliphatic heterocycles. The van der Waals surface area contributed by atoms with Crippen molar-refractivity contribution in [3.05, 3.63) is 82.4 Å². The molecule has 44 heavy (non-hydrogen) atoms. The second-order valence-electron chi connectivity index (χ2n) is 11.8.